The number of hydrogen-bond acceptors (Lipinski definition) is 3. The number of carbonyl (C=O) groups excluding carboxylic acids is 2. The first-order chi connectivity index (χ1) is 16.0. The van der Waals surface area contributed by atoms with Crippen molar-refractivity contribution in [2.75, 3.05) is 4.90 Å². The number of amides is 2. The smallest absolute Gasteiger partial charge is 0.303 e. The largest absolute Gasteiger partial charge is 0.481 e. The summed E-state index contributed by atoms with van der Waals surface area (Å²) in [6, 6.07) is 15.5. The van der Waals surface area contributed by atoms with E-state index in [-0.39, 0.29) is 48.7 Å². The van der Waals surface area contributed by atoms with Crippen molar-refractivity contribution < 1.29 is 19.5 Å². The molecule has 0 saturated heterocycles. The average Bonchev–Trinajstić information content (AvgIpc) is 3.52. The van der Waals surface area contributed by atoms with Gasteiger partial charge in [-0.2, -0.15) is 0 Å². The molecule has 33 heavy (non-hydrogen) atoms. The molecule has 5 rings (SSSR count). The minimum atomic E-state index is -0.951. The molecule has 1 aliphatic heterocycles. The fraction of sp³-hybridized carbons (Fsp3) is 0.423. The van der Waals surface area contributed by atoms with Crippen LogP contribution in [0.25, 0.3) is 0 Å². The molecule has 0 radical (unpaired) electrons. The molecule has 0 bridgehead atoms. The van der Waals surface area contributed by atoms with E-state index >= 15 is 0 Å². The van der Waals surface area contributed by atoms with Crippen molar-refractivity contribution in [3.8, 4) is 0 Å². The quantitative estimate of drug-likeness (QED) is 0.580. The average molecular weight is 511 g/mol. The highest BCUT2D eigenvalue weighted by Crippen LogP contribution is 2.52. The molecule has 1 heterocycles. The van der Waals surface area contributed by atoms with Crippen molar-refractivity contribution >= 4 is 39.4 Å². The van der Waals surface area contributed by atoms with Crippen molar-refractivity contribution in [1.29, 1.82) is 0 Å². The van der Waals surface area contributed by atoms with Gasteiger partial charge in [-0.25, -0.2) is 0 Å². The van der Waals surface area contributed by atoms with Crippen molar-refractivity contribution in [2.24, 2.45) is 5.92 Å². The maximum absolute atomic E-state index is 13.8. The Morgan fingerprint density at radius 3 is 2.52 bits per heavy atom. The van der Waals surface area contributed by atoms with Gasteiger partial charge in [-0.3, -0.25) is 14.4 Å². The Morgan fingerprint density at radius 2 is 1.79 bits per heavy atom. The molecular formula is C26H27BrN2O4. The molecule has 6 nitrogen and oxygen atoms in total. The Morgan fingerprint density at radius 1 is 1.00 bits per heavy atom. The third-order valence-electron chi connectivity index (χ3n) is 7.15. The number of carboxylic acid groups (broad SMARTS) is 1. The number of halogens is 1. The normalized spacial score (nSPS) is 23.5. The molecule has 0 aromatic heterocycles. The molecule has 2 amide bonds. The van der Waals surface area contributed by atoms with E-state index in [0.29, 0.717) is 5.56 Å². The summed E-state index contributed by atoms with van der Waals surface area (Å²) in [5, 5.41) is 9.12. The molecule has 2 aromatic carbocycles. The number of para-hydroxylation sites is 1. The van der Waals surface area contributed by atoms with Gasteiger partial charge in [0, 0.05) is 40.1 Å². The number of rotatable bonds is 6. The van der Waals surface area contributed by atoms with E-state index in [2.05, 4.69) is 15.9 Å². The van der Waals surface area contributed by atoms with E-state index in [0.717, 1.165) is 47.8 Å². The zero-order valence-corrected chi connectivity index (χ0v) is 19.9. The van der Waals surface area contributed by atoms with Crippen molar-refractivity contribution in [1.82, 2.24) is 4.90 Å². The van der Waals surface area contributed by atoms with Crippen molar-refractivity contribution in [2.45, 2.75) is 63.1 Å². The molecule has 0 spiro atoms. The van der Waals surface area contributed by atoms with E-state index in [1.54, 1.807) is 0 Å². The minimum absolute atomic E-state index is 0.0164. The fourth-order valence-electron chi connectivity index (χ4n) is 5.68. The van der Waals surface area contributed by atoms with Crippen LogP contribution >= 0.6 is 15.9 Å². The first-order valence-corrected chi connectivity index (χ1v) is 12.5. The molecule has 1 N–H and O–H groups in total. The van der Waals surface area contributed by atoms with Crippen LogP contribution in [0.1, 0.15) is 66.9 Å². The van der Waals surface area contributed by atoms with Gasteiger partial charge in [-0.1, -0.05) is 46.6 Å². The Balaban J connectivity index is 1.56. The van der Waals surface area contributed by atoms with Crippen LogP contribution < -0.4 is 4.90 Å². The predicted octanol–water partition coefficient (Wildman–Crippen LogP) is 5.18. The highest BCUT2D eigenvalue weighted by atomic mass is 79.9. The van der Waals surface area contributed by atoms with E-state index in [9.17, 15) is 14.4 Å². The predicted molar refractivity (Wildman–Crippen MR) is 128 cm³/mol. The number of fused-ring (bicyclic) bond motifs is 2. The lowest BCUT2D eigenvalue weighted by molar-refractivity contribution is -0.142. The number of hydrogen-bond donors (Lipinski definition) is 1. The number of carbonyl (C=O) groups is 3. The molecule has 2 aromatic rings. The summed E-state index contributed by atoms with van der Waals surface area (Å²) in [6.45, 7) is 0. The third-order valence-corrected chi connectivity index (χ3v) is 7.65. The topological polar surface area (TPSA) is 77.9 Å². The van der Waals surface area contributed by atoms with Crippen LogP contribution in [0.4, 0.5) is 5.69 Å². The number of nitrogens with zero attached hydrogens (tertiary/aromatic N) is 2. The van der Waals surface area contributed by atoms with Crippen LogP contribution in [0.3, 0.4) is 0 Å². The van der Waals surface area contributed by atoms with E-state index in [4.69, 9.17) is 5.11 Å². The Bertz CT molecular complexity index is 1100. The summed E-state index contributed by atoms with van der Waals surface area (Å²) in [5.41, 5.74) is 2.51. The summed E-state index contributed by atoms with van der Waals surface area (Å²) >= 11 is 3.48. The van der Waals surface area contributed by atoms with E-state index in [1.807, 2.05) is 58.3 Å². The molecular weight excluding hydrogens is 484 g/mol. The molecule has 7 heteroatoms. The summed E-state index contributed by atoms with van der Waals surface area (Å²) < 4.78 is 0.864. The third kappa shape index (κ3) is 4.19. The maximum Gasteiger partial charge on any atom is 0.303 e. The highest BCUT2D eigenvalue weighted by molar-refractivity contribution is 9.10. The molecule has 2 saturated carbocycles. The molecule has 2 aliphatic carbocycles. The van der Waals surface area contributed by atoms with Gasteiger partial charge in [0.15, 0.2) is 0 Å². The second kappa shape index (κ2) is 8.93. The van der Waals surface area contributed by atoms with E-state index in [1.165, 1.54) is 0 Å². The molecule has 3 unspecified atom stereocenters. The lowest BCUT2D eigenvalue weighted by Gasteiger charge is -2.48. The minimum Gasteiger partial charge on any atom is -0.481 e. The van der Waals surface area contributed by atoms with Gasteiger partial charge in [0.2, 0.25) is 5.91 Å². The molecule has 2 fully saturated rings. The second-order valence-corrected chi connectivity index (χ2v) is 10.2. The summed E-state index contributed by atoms with van der Waals surface area (Å²) in [5.74, 6) is -0.913. The number of anilines is 1. The lowest BCUT2D eigenvalue weighted by Crippen LogP contribution is -2.52. The molecule has 172 valence electrons. The SMILES string of the molecule is O=C(O)CCC(=O)N(C1CC1)C1c2ccccc2N(C(=O)c2cccc(Br)c2)C2CCCC21. The van der Waals surface area contributed by atoms with Crippen molar-refractivity contribution in [3.05, 3.63) is 64.1 Å². The summed E-state index contributed by atoms with van der Waals surface area (Å²) in [4.78, 5) is 42.1. The molecule has 3 aliphatic rings. The Labute approximate surface area is 201 Å². The lowest BCUT2D eigenvalue weighted by atomic mass is 9.81. The summed E-state index contributed by atoms with van der Waals surface area (Å²) in [7, 11) is 0. The molecule has 3 atom stereocenters. The number of aliphatic carboxylic acids is 1. The van der Waals surface area contributed by atoms with Crippen molar-refractivity contribution in [3.63, 3.8) is 0 Å². The fourth-order valence-corrected chi connectivity index (χ4v) is 6.08. The van der Waals surface area contributed by atoms with Crippen LogP contribution in [0.15, 0.2) is 53.0 Å². The van der Waals surface area contributed by atoms with Crippen LogP contribution in [0.2, 0.25) is 0 Å². The summed E-state index contributed by atoms with van der Waals surface area (Å²) in [6.07, 6.45) is 4.62. The van der Waals surface area contributed by atoms with Gasteiger partial charge in [0.05, 0.1) is 12.5 Å². The standard InChI is InChI=1S/C26H27BrN2O4/c27-17-6-3-5-16(15-17)26(33)29-21-9-2-1-7-19(21)25(20-8-4-10-22(20)29)28(18-11-12-18)23(30)13-14-24(31)32/h1-3,5-7,9,15,18,20,22,25H,4,8,10-14H2,(H,31,32). The van der Waals surface area contributed by atoms with Gasteiger partial charge in [-0.15, -0.1) is 0 Å². The monoisotopic (exact) mass is 510 g/mol. The van der Waals surface area contributed by atoms with E-state index < -0.39 is 5.97 Å². The maximum atomic E-state index is 13.8. The van der Waals surface area contributed by atoms with Crippen LogP contribution in [-0.4, -0.2) is 39.9 Å². The van der Waals surface area contributed by atoms with Crippen LogP contribution in [0, 0.1) is 5.92 Å². The van der Waals surface area contributed by atoms with Crippen LogP contribution in [0.5, 0.6) is 0 Å². The second-order valence-electron chi connectivity index (χ2n) is 9.28. The highest BCUT2D eigenvalue weighted by Gasteiger charge is 2.51. The van der Waals surface area contributed by atoms with Gasteiger partial charge < -0.3 is 14.9 Å². The zero-order valence-electron chi connectivity index (χ0n) is 18.3. The van der Waals surface area contributed by atoms with Gasteiger partial charge in [-0.05, 0) is 55.5 Å². The number of carboxylic acids is 1. The first kappa shape index (κ1) is 22.1. The zero-order chi connectivity index (χ0) is 23.1. The van der Waals surface area contributed by atoms with Gasteiger partial charge in [0.1, 0.15) is 0 Å². The van der Waals surface area contributed by atoms with Gasteiger partial charge in [0.25, 0.3) is 5.91 Å². The van der Waals surface area contributed by atoms with Crippen LogP contribution in [-0.2, 0) is 9.59 Å². The Hall–Kier alpha value is -2.67. The Kier molecular flexibility index (Phi) is 5.99. The van der Waals surface area contributed by atoms with Gasteiger partial charge >= 0.3 is 5.97 Å². The number of benzene rings is 2. The first-order valence-electron chi connectivity index (χ1n) is 11.7.